The van der Waals surface area contributed by atoms with Crippen molar-refractivity contribution in [1.82, 2.24) is 4.90 Å². The molecule has 0 saturated carbocycles. The fourth-order valence-corrected chi connectivity index (χ4v) is 3.53. The molecule has 1 aliphatic rings. The van der Waals surface area contributed by atoms with Crippen molar-refractivity contribution in [3.63, 3.8) is 0 Å². The Bertz CT molecular complexity index is 396. The second-order valence-corrected chi connectivity index (χ2v) is 6.16. The van der Waals surface area contributed by atoms with Crippen LogP contribution in [0, 0.1) is 13.8 Å². The van der Waals surface area contributed by atoms with Gasteiger partial charge in [0.1, 0.15) is 5.38 Å². The zero-order valence-corrected chi connectivity index (χ0v) is 11.2. The van der Waals surface area contributed by atoms with Crippen LogP contribution in [0.4, 0.5) is 0 Å². The highest BCUT2D eigenvalue weighted by atomic mass is 35.5. The molecule has 1 fully saturated rings. The molecule has 1 aliphatic heterocycles. The van der Waals surface area contributed by atoms with Crippen LogP contribution in [0.15, 0.2) is 6.07 Å². The summed E-state index contributed by atoms with van der Waals surface area (Å²) in [5, 5.41) is -0.497. The van der Waals surface area contributed by atoms with Gasteiger partial charge >= 0.3 is 0 Å². The maximum absolute atomic E-state index is 12.1. The third kappa shape index (κ3) is 2.25. The van der Waals surface area contributed by atoms with E-state index in [9.17, 15) is 4.79 Å². The molecule has 88 valence electrons. The second-order valence-electron chi connectivity index (χ2n) is 4.26. The van der Waals surface area contributed by atoms with E-state index in [0.29, 0.717) is 0 Å². The van der Waals surface area contributed by atoms with Gasteiger partial charge in [-0.05, 0) is 38.3 Å². The number of carbonyl (C=O) groups excluding carboxylic acids is 1. The molecule has 2 heterocycles. The first-order valence-corrected chi connectivity index (χ1v) is 6.84. The number of likely N-dealkylation sites (tertiary alicyclic amines) is 1. The lowest BCUT2D eigenvalue weighted by Crippen LogP contribution is -2.30. The zero-order chi connectivity index (χ0) is 11.7. The lowest BCUT2D eigenvalue weighted by Gasteiger charge is -2.18. The maximum atomic E-state index is 12.1. The van der Waals surface area contributed by atoms with Crippen LogP contribution in [0.1, 0.15) is 33.5 Å². The molecule has 1 amide bonds. The van der Waals surface area contributed by atoms with Gasteiger partial charge in [0.15, 0.2) is 0 Å². The Labute approximate surface area is 105 Å². The molecule has 1 unspecified atom stereocenters. The Balaban J connectivity index is 2.14. The van der Waals surface area contributed by atoms with Crippen molar-refractivity contribution in [3.05, 3.63) is 21.4 Å². The van der Waals surface area contributed by atoms with E-state index in [1.807, 2.05) is 24.8 Å². The van der Waals surface area contributed by atoms with Crippen LogP contribution in [-0.4, -0.2) is 23.9 Å². The van der Waals surface area contributed by atoms with Crippen molar-refractivity contribution >= 4 is 28.8 Å². The van der Waals surface area contributed by atoms with E-state index < -0.39 is 5.38 Å². The zero-order valence-electron chi connectivity index (χ0n) is 9.62. The summed E-state index contributed by atoms with van der Waals surface area (Å²) in [6, 6.07) is 2.03. The fourth-order valence-electron chi connectivity index (χ4n) is 2.13. The molecule has 16 heavy (non-hydrogen) atoms. The van der Waals surface area contributed by atoms with Gasteiger partial charge in [0.2, 0.25) is 5.91 Å². The molecule has 1 aromatic heterocycles. The maximum Gasteiger partial charge on any atom is 0.245 e. The minimum atomic E-state index is -0.497. The SMILES string of the molecule is Cc1cc(C(Cl)C(=O)N2CCCC2)c(C)s1. The Morgan fingerprint density at radius 1 is 1.44 bits per heavy atom. The normalized spacial score (nSPS) is 17.8. The van der Waals surface area contributed by atoms with Crippen LogP contribution in [-0.2, 0) is 4.79 Å². The van der Waals surface area contributed by atoms with Gasteiger partial charge in [-0.2, -0.15) is 0 Å². The number of hydrogen-bond acceptors (Lipinski definition) is 2. The number of nitrogens with zero attached hydrogens (tertiary/aromatic N) is 1. The number of amides is 1. The largest absolute Gasteiger partial charge is 0.341 e. The van der Waals surface area contributed by atoms with Crippen molar-refractivity contribution < 1.29 is 4.79 Å². The first kappa shape index (κ1) is 11.9. The number of alkyl halides is 1. The summed E-state index contributed by atoms with van der Waals surface area (Å²) in [7, 11) is 0. The van der Waals surface area contributed by atoms with E-state index in [2.05, 4.69) is 0 Å². The van der Waals surface area contributed by atoms with Crippen molar-refractivity contribution in [2.45, 2.75) is 32.1 Å². The van der Waals surface area contributed by atoms with Crippen LogP contribution in [0.25, 0.3) is 0 Å². The lowest BCUT2D eigenvalue weighted by molar-refractivity contribution is -0.129. The highest BCUT2D eigenvalue weighted by Crippen LogP contribution is 2.32. The second kappa shape index (κ2) is 4.76. The number of rotatable bonds is 2. The Morgan fingerprint density at radius 2 is 2.06 bits per heavy atom. The molecule has 0 radical (unpaired) electrons. The van der Waals surface area contributed by atoms with Crippen LogP contribution >= 0.6 is 22.9 Å². The van der Waals surface area contributed by atoms with Gasteiger partial charge in [-0.1, -0.05) is 0 Å². The van der Waals surface area contributed by atoms with Crippen LogP contribution in [0.3, 0.4) is 0 Å². The Morgan fingerprint density at radius 3 is 2.56 bits per heavy atom. The topological polar surface area (TPSA) is 20.3 Å². The molecule has 4 heteroatoms. The van der Waals surface area contributed by atoms with Gasteiger partial charge in [0, 0.05) is 22.8 Å². The number of aryl methyl sites for hydroxylation is 2. The van der Waals surface area contributed by atoms with E-state index in [1.165, 1.54) is 4.88 Å². The average Bonchev–Trinajstić information content (AvgIpc) is 2.85. The summed E-state index contributed by atoms with van der Waals surface area (Å²) in [5.74, 6) is 0.0695. The van der Waals surface area contributed by atoms with E-state index in [1.54, 1.807) is 11.3 Å². The van der Waals surface area contributed by atoms with Gasteiger partial charge in [-0.3, -0.25) is 4.79 Å². The molecule has 0 spiro atoms. The van der Waals surface area contributed by atoms with Gasteiger partial charge in [-0.15, -0.1) is 22.9 Å². The molecule has 2 nitrogen and oxygen atoms in total. The highest BCUT2D eigenvalue weighted by Gasteiger charge is 2.27. The highest BCUT2D eigenvalue weighted by molar-refractivity contribution is 7.12. The van der Waals surface area contributed by atoms with E-state index in [0.717, 1.165) is 36.4 Å². The summed E-state index contributed by atoms with van der Waals surface area (Å²) < 4.78 is 0. The predicted molar refractivity (Wildman–Crippen MR) is 68.2 cm³/mol. The molecule has 1 saturated heterocycles. The van der Waals surface area contributed by atoms with Crippen LogP contribution < -0.4 is 0 Å². The molecule has 0 N–H and O–H groups in total. The first-order valence-electron chi connectivity index (χ1n) is 5.59. The third-order valence-electron chi connectivity index (χ3n) is 2.99. The summed E-state index contributed by atoms with van der Waals surface area (Å²) >= 11 is 7.97. The van der Waals surface area contributed by atoms with E-state index >= 15 is 0 Å². The summed E-state index contributed by atoms with van der Waals surface area (Å²) in [6.45, 7) is 5.80. The van der Waals surface area contributed by atoms with E-state index in [4.69, 9.17) is 11.6 Å². The summed E-state index contributed by atoms with van der Waals surface area (Å²) in [6.07, 6.45) is 2.22. The minimum absolute atomic E-state index is 0.0695. The molecule has 1 aromatic rings. The summed E-state index contributed by atoms with van der Waals surface area (Å²) in [5.41, 5.74) is 0.987. The molecular weight excluding hydrogens is 242 g/mol. The van der Waals surface area contributed by atoms with Crippen LogP contribution in [0.5, 0.6) is 0 Å². The van der Waals surface area contributed by atoms with Crippen molar-refractivity contribution in [2.24, 2.45) is 0 Å². The molecule has 1 atom stereocenters. The smallest absolute Gasteiger partial charge is 0.245 e. The number of hydrogen-bond donors (Lipinski definition) is 0. The van der Waals surface area contributed by atoms with Gasteiger partial charge in [-0.25, -0.2) is 0 Å². The average molecular weight is 258 g/mol. The van der Waals surface area contributed by atoms with Crippen molar-refractivity contribution in [1.29, 1.82) is 0 Å². The van der Waals surface area contributed by atoms with Crippen molar-refractivity contribution in [3.8, 4) is 0 Å². The number of carbonyl (C=O) groups is 1. The monoisotopic (exact) mass is 257 g/mol. The van der Waals surface area contributed by atoms with Gasteiger partial charge in [0.05, 0.1) is 0 Å². The molecule has 2 rings (SSSR count). The van der Waals surface area contributed by atoms with E-state index in [-0.39, 0.29) is 5.91 Å². The molecular formula is C12H16ClNOS. The third-order valence-corrected chi connectivity index (χ3v) is 4.39. The van der Waals surface area contributed by atoms with Crippen LogP contribution in [0.2, 0.25) is 0 Å². The summed E-state index contributed by atoms with van der Waals surface area (Å²) in [4.78, 5) is 16.4. The molecule has 0 aromatic carbocycles. The molecule has 0 aliphatic carbocycles. The standard InChI is InChI=1S/C12H16ClNOS/c1-8-7-10(9(2)16-8)11(13)12(15)14-5-3-4-6-14/h7,11H,3-6H2,1-2H3. The predicted octanol–water partition coefficient (Wildman–Crippen LogP) is 3.27. The molecule has 0 bridgehead atoms. The Kier molecular flexibility index (Phi) is 3.55. The van der Waals surface area contributed by atoms with Crippen molar-refractivity contribution in [2.75, 3.05) is 13.1 Å². The number of thiophene rings is 1. The first-order chi connectivity index (χ1) is 7.59. The number of halogens is 1. The minimum Gasteiger partial charge on any atom is -0.341 e. The Hall–Kier alpha value is -0.540. The van der Waals surface area contributed by atoms with Gasteiger partial charge < -0.3 is 4.90 Å². The quantitative estimate of drug-likeness (QED) is 0.745. The fraction of sp³-hybridized carbons (Fsp3) is 0.583. The van der Waals surface area contributed by atoms with Gasteiger partial charge in [0.25, 0.3) is 0 Å². The lowest BCUT2D eigenvalue weighted by atomic mass is 10.1.